The fraction of sp³-hybridized carbons (Fsp3) is 0.333. The van der Waals surface area contributed by atoms with Crippen molar-refractivity contribution in [2.24, 2.45) is 0 Å². The van der Waals surface area contributed by atoms with E-state index in [1.165, 1.54) is 11.1 Å². The van der Waals surface area contributed by atoms with Gasteiger partial charge in [0.05, 0.1) is 6.20 Å². The molecule has 0 radical (unpaired) electrons. The van der Waals surface area contributed by atoms with E-state index >= 15 is 0 Å². The van der Waals surface area contributed by atoms with Gasteiger partial charge in [-0.3, -0.25) is 0 Å². The van der Waals surface area contributed by atoms with Crippen LogP contribution < -0.4 is 10.6 Å². The van der Waals surface area contributed by atoms with Crippen LogP contribution in [0.1, 0.15) is 18.1 Å². The summed E-state index contributed by atoms with van der Waals surface area (Å²) in [6, 6.07) is 8.37. The van der Waals surface area contributed by atoms with E-state index in [-0.39, 0.29) is 0 Å². The SMILES string of the molecule is CCNc1ncc(Cl)c(NCCc2ccccc2C)n1. The van der Waals surface area contributed by atoms with Crippen LogP contribution in [0.25, 0.3) is 0 Å². The van der Waals surface area contributed by atoms with E-state index in [4.69, 9.17) is 11.6 Å². The molecule has 0 saturated carbocycles. The third-order valence-electron chi connectivity index (χ3n) is 3.03. The van der Waals surface area contributed by atoms with Crippen molar-refractivity contribution in [3.8, 4) is 0 Å². The molecule has 106 valence electrons. The van der Waals surface area contributed by atoms with Crippen molar-refractivity contribution in [1.82, 2.24) is 9.97 Å². The van der Waals surface area contributed by atoms with Crippen molar-refractivity contribution < 1.29 is 0 Å². The second-order valence-corrected chi connectivity index (χ2v) is 4.93. The Morgan fingerprint density at radius 2 is 2.00 bits per heavy atom. The number of anilines is 2. The first-order valence-electron chi connectivity index (χ1n) is 6.75. The van der Waals surface area contributed by atoms with E-state index in [9.17, 15) is 0 Å². The summed E-state index contributed by atoms with van der Waals surface area (Å²) in [5, 5.41) is 6.87. The highest BCUT2D eigenvalue weighted by Gasteiger charge is 2.05. The molecule has 0 aliphatic heterocycles. The van der Waals surface area contributed by atoms with Crippen molar-refractivity contribution in [1.29, 1.82) is 0 Å². The summed E-state index contributed by atoms with van der Waals surface area (Å²) in [5.74, 6) is 1.27. The first kappa shape index (κ1) is 14.6. The van der Waals surface area contributed by atoms with Crippen LogP contribution in [0.2, 0.25) is 5.02 Å². The molecule has 0 aliphatic rings. The monoisotopic (exact) mass is 290 g/mol. The Hall–Kier alpha value is -1.81. The van der Waals surface area contributed by atoms with Gasteiger partial charge in [0.25, 0.3) is 0 Å². The maximum Gasteiger partial charge on any atom is 0.224 e. The second-order valence-electron chi connectivity index (χ2n) is 4.52. The van der Waals surface area contributed by atoms with Crippen LogP contribution in [0.3, 0.4) is 0 Å². The summed E-state index contributed by atoms with van der Waals surface area (Å²) < 4.78 is 0. The van der Waals surface area contributed by atoms with E-state index in [1.54, 1.807) is 6.20 Å². The Kier molecular flexibility index (Phi) is 5.18. The molecule has 2 rings (SSSR count). The lowest BCUT2D eigenvalue weighted by Crippen LogP contribution is -2.10. The van der Waals surface area contributed by atoms with E-state index in [1.807, 2.05) is 6.92 Å². The van der Waals surface area contributed by atoms with Gasteiger partial charge in [-0.05, 0) is 31.4 Å². The molecule has 0 fully saturated rings. The number of nitrogens with zero attached hydrogens (tertiary/aromatic N) is 2. The Labute approximate surface area is 124 Å². The number of nitrogens with one attached hydrogen (secondary N) is 2. The van der Waals surface area contributed by atoms with Crippen molar-refractivity contribution in [3.63, 3.8) is 0 Å². The molecule has 0 saturated heterocycles. The highest BCUT2D eigenvalue weighted by Crippen LogP contribution is 2.19. The van der Waals surface area contributed by atoms with E-state index in [0.29, 0.717) is 16.8 Å². The lowest BCUT2D eigenvalue weighted by Gasteiger charge is -2.10. The maximum absolute atomic E-state index is 6.09. The molecular formula is C15H19ClN4. The number of hydrogen-bond donors (Lipinski definition) is 2. The molecule has 0 atom stereocenters. The van der Waals surface area contributed by atoms with Gasteiger partial charge >= 0.3 is 0 Å². The quantitative estimate of drug-likeness (QED) is 0.854. The lowest BCUT2D eigenvalue weighted by atomic mass is 10.1. The molecular weight excluding hydrogens is 272 g/mol. The third-order valence-corrected chi connectivity index (χ3v) is 3.30. The van der Waals surface area contributed by atoms with Gasteiger partial charge < -0.3 is 10.6 Å². The van der Waals surface area contributed by atoms with Crippen molar-refractivity contribution in [2.45, 2.75) is 20.3 Å². The van der Waals surface area contributed by atoms with Crippen LogP contribution in [0.4, 0.5) is 11.8 Å². The topological polar surface area (TPSA) is 49.8 Å². The van der Waals surface area contributed by atoms with Gasteiger partial charge in [-0.1, -0.05) is 35.9 Å². The van der Waals surface area contributed by atoms with E-state index in [0.717, 1.165) is 19.5 Å². The molecule has 4 nitrogen and oxygen atoms in total. The maximum atomic E-state index is 6.09. The summed E-state index contributed by atoms with van der Waals surface area (Å²) in [6.45, 7) is 5.69. The largest absolute Gasteiger partial charge is 0.368 e. The number of rotatable bonds is 6. The van der Waals surface area contributed by atoms with Crippen LogP contribution in [0.5, 0.6) is 0 Å². The molecule has 1 aromatic carbocycles. The van der Waals surface area contributed by atoms with Crippen molar-refractivity contribution in [2.75, 3.05) is 23.7 Å². The summed E-state index contributed by atoms with van der Waals surface area (Å²) in [5.41, 5.74) is 2.63. The van der Waals surface area contributed by atoms with Crippen LogP contribution in [0.15, 0.2) is 30.5 Å². The summed E-state index contributed by atoms with van der Waals surface area (Å²) in [4.78, 5) is 8.47. The molecule has 1 aromatic heterocycles. The minimum atomic E-state index is 0.538. The minimum absolute atomic E-state index is 0.538. The fourth-order valence-electron chi connectivity index (χ4n) is 1.94. The van der Waals surface area contributed by atoms with Crippen LogP contribution >= 0.6 is 11.6 Å². The van der Waals surface area contributed by atoms with Gasteiger partial charge in [-0.15, -0.1) is 0 Å². The van der Waals surface area contributed by atoms with Gasteiger partial charge in [0.1, 0.15) is 10.8 Å². The molecule has 0 amide bonds. The predicted molar refractivity (Wildman–Crippen MR) is 84.6 cm³/mol. The molecule has 0 unspecified atom stereocenters. The van der Waals surface area contributed by atoms with E-state index < -0.39 is 0 Å². The van der Waals surface area contributed by atoms with Gasteiger partial charge in [-0.2, -0.15) is 4.98 Å². The number of halogens is 1. The average molecular weight is 291 g/mol. The Morgan fingerprint density at radius 1 is 1.20 bits per heavy atom. The van der Waals surface area contributed by atoms with Crippen LogP contribution in [0, 0.1) is 6.92 Å². The summed E-state index contributed by atoms with van der Waals surface area (Å²) in [7, 11) is 0. The number of benzene rings is 1. The zero-order valence-corrected chi connectivity index (χ0v) is 12.5. The second kappa shape index (κ2) is 7.10. The van der Waals surface area contributed by atoms with Crippen LogP contribution in [-0.2, 0) is 6.42 Å². The van der Waals surface area contributed by atoms with Gasteiger partial charge in [0.15, 0.2) is 0 Å². The summed E-state index contributed by atoms with van der Waals surface area (Å²) in [6.07, 6.45) is 2.55. The Bertz CT molecular complexity index is 572. The number of aryl methyl sites for hydroxylation is 1. The van der Waals surface area contributed by atoms with Gasteiger partial charge in [0.2, 0.25) is 5.95 Å². The number of aromatic nitrogens is 2. The van der Waals surface area contributed by atoms with Crippen molar-refractivity contribution >= 4 is 23.4 Å². The Balaban J connectivity index is 1.97. The molecule has 0 aliphatic carbocycles. The summed E-state index contributed by atoms with van der Waals surface area (Å²) >= 11 is 6.09. The molecule has 5 heteroatoms. The fourth-order valence-corrected chi connectivity index (χ4v) is 2.10. The van der Waals surface area contributed by atoms with Crippen LogP contribution in [-0.4, -0.2) is 23.1 Å². The zero-order valence-electron chi connectivity index (χ0n) is 11.8. The van der Waals surface area contributed by atoms with Gasteiger partial charge in [0, 0.05) is 13.1 Å². The molecule has 2 aromatic rings. The Morgan fingerprint density at radius 3 is 2.75 bits per heavy atom. The lowest BCUT2D eigenvalue weighted by molar-refractivity contribution is 0.985. The first-order chi connectivity index (χ1) is 9.70. The van der Waals surface area contributed by atoms with Gasteiger partial charge in [-0.25, -0.2) is 4.98 Å². The zero-order chi connectivity index (χ0) is 14.4. The molecule has 0 bridgehead atoms. The van der Waals surface area contributed by atoms with E-state index in [2.05, 4.69) is 51.8 Å². The third kappa shape index (κ3) is 3.84. The standard InChI is InChI=1S/C15H19ClN4/c1-3-17-15-19-10-13(16)14(20-15)18-9-8-12-7-5-4-6-11(12)2/h4-7,10H,3,8-9H2,1-2H3,(H2,17,18,19,20). The predicted octanol–water partition coefficient (Wildman–Crippen LogP) is 3.52. The highest BCUT2D eigenvalue weighted by atomic mass is 35.5. The smallest absolute Gasteiger partial charge is 0.224 e. The molecule has 20 heavy (non-hydrogen) atoms. The molecule has 0 spiro atoms. The molecule has 2 N–H and O–H groups in total. The number of hydrogen-bond acceptors (Lipinski definition) is 4. The minimum Gasteiger partial charge on any atom is -0.368 e. The average Bonchev–Trinajstić information content (AvgIpc) is 2.44. The normalized spacial score (nSPS) is 10.3. The van der Waals surface area contributed by atoms with Crippen molar-refractivity contribution in [3.05, 3.63) is 46.6 Å². The first-order valence-corrected chi connectivity index (χ1v) is 7.13. The highest BCUT2D eigenvalue weighted by molar-refractivity contribution is 6.32. The molecule has 1 heterocycles.